The van der Waals surface area contributed by atoms with Gasteiger partial charge in [0.25, 0.3) is 0 Å². The lowest BCUT2D eigenvalue weighted by molar-refractivity contribution is -0.121. The zero-order valence-electron chi connectivity index (χ0n) is 14.4. The molecule has 1 rings (SSSR count). The number of carbonyl (C=O) groups is 1. The zero-order valence-corrected chi connectivity index (χ0v) is 14.4. The van der Waals surface area contributed by atoms with Crippen LogP contribution in [0.4, 0.5) is 8.78 Å². The van der Waals surface area contributed by atoms with Gasteiger partial charge in [0, 0.05) is 18.7 Å². The number of guanidine groups is 1. The van der Waals surface area contributed by atoms with E-state index in [2.05, 4.69) is 20.9 Å². The fraction of sp³-hybridized carbons (Fsp3) is 0.500. The smallest absolute Gasteiger partial charge is 0.239 e. The van der Waals surface area contributed by atoms with Crippen molar-refractivity contribution in [3.8, 4) is 5.75 Å². The van der Waals surface area contributed by atoms with Crippen LogP contribution < -0.4 is 20.7 Å². The van der Waals surface area contributed by atoms with Gasteiger partial charge in [-0.2, -0.15) is 0 Å². The highest BCUT2D eigenvalue weighted by Gasteiger charge is 2.13. The monoisotopic (exact) mass is 342 g/mol. The molecule has 3 N–H and O–H groups in total. The number of carbonyl (C=O) groups excluding carboxylic acids is 1. The van der Waals surface area contributed by atoms with E-state index in [9.17, 15) is 13.6 Å². The van der Waals surface area contributed by atoms with E-state index in [-0.39, 0.29) is 30.3 Å². The highest BCUT2D eigenvalue weighted by Crippen LogP contribution is 2.17. The molecule has 0 bridgehead atoms. The van der Waals surface area contributed by atoms with Crippen LogP contribution in [-0.4, -0.2) is 44.1 Å². The summed E-state index contributed by atoms with van der Waals surface area (Å²) in [6.07, 6.45) is 0. The van der Waals surface area contributed by atoms with E-state index >= 15 is 0 Å². The largest absolute Gasteiger partial charge is 0.489 e. The average molecular weight is 342 g/mol. The summed E-state index contributed by atoms with van der Waals surface area (Å²) >= 11 is 0. The Balaban J connectivity index is 2.30. The van der Waals surface area contributed by atoms with Crippen molar-refractivity contribution in [2.75, 3.05) is 26.7 Å². The van der Waals surface area contributed by atoms with Gasteiger partial charge in [0.05, 0.1) is 13.1 Å². The fourth-order valence-corrected chi connectivity index (χ4v) is 1.77. The lowest BCUT2D eigenvalue weighted by Crippen LogP contribution is -2.48. The highest BCUT2D eigenvalue weighted by atomic mass is 19.1. The molecule has 8 heteroatoms. The van der Waals surface area contributed by atoms with E-state index in [0.717, 1.165) is 12.1 Å². The Morgan fingerprint density at radius 1 is 1.25 bits per heavy atom. The molecule has 0 aromatic heterocycles. The maximum Gasteiger partial charge on any atom is 0.239 e. The van der Waals surface area contributed by atoms with Gasteiger partial charge < -0.3 is 20.7 Å². The molecule has 0 heterocycles. The number of ether oxygens (including phenoxy) is 1. The Kier molecular flexibility index (Phi) is 7.41. The number of hydrogen-bond donors (Lipinski definition) is 3. The van der Waals surface area contributed by atoms with E-state index in [1.54, 1.807) is 7.05 Å². The molecule has 24 heavy (non-hydrogen) atoms. The van der Waals surface area contributed by atoms with Gasteiger partial charge in [-0.3, -0.25) is 9.79 Å². The second-order valence-corrected chi connectivity index (χ2v) is 6.07. The molecule has 0 spiro atoms. The third kappa shape index (κ3) is 7.75. The van der Waals surface area contributed by atoms with Gasteiger partial charge in [-0.25, -0.2) is 8.78 Å². The molecule has 0 fully saturated rings. The highest BCUT2D eigenvalue weighted by molar-refractivity contribution is 5.86. The SMILES string of the molecule is CN=C(NCCOc1ccc(F)cc1F)NCC(=O)NC(C)(C)C. The Hall–Kier alpha value is -2.38. The Labute approximate surface area is 140 Å². The van der Waals surface area contributed by atoms with Crippen molar-refractivity contribution >= 4 is 11.9 Å². The molecule has 1 amide bonds. The van der Waals surface area contributed by atoms with E-state index < -0.39 is 11.6 Å². The minimum atomic E-state index is -0.753. The topological polar surface area (TPSA) is 74.8 Å². The summed E-state index contributed by atoms with van der Waals surface area (Å²) in [5.41, 5.74) is -0.303. The maximum absolute atomic E-state index is 13.4. The first kappa shape index (κ1) is 19.7. The predicted molar refractivity (Wildman–Crippen MR) is 89.1 cm³/mol. The number of benzene rings is 1. The Bertz CT molecular complexity index is 586. The maximum atomic E-state index is 13.4. The van der Waals surface area contributed by atoms with Gasteiger partial charge in [0.15, 0.2) is 17.5 Å². The number of aliphatic imine (C=N–C) groups is 1. The first-order valence-corrected chi connectivity index (χ1v) is 7.54. The molecule has 0 aliphatic heterocycles. The van der Waals surface area contributed by atoms with E-state index in [4.69, 9.17) is 4.74 Å². The van der Waals surface area contributed by atoms with Crippen molar-refractivity contribution in [2.24, 2.45) is 4.99 Å². The summed E-state index contributed by atoms with van der Waals surface area (Å²) in [5.74, 6) is -1.17. The number of nitrogens with one attached hydrogen (secondary N) is 3. The molecule has 6 nitrogen and oxygen atoms in total. The number of rotatable bonds is 6. The lowest BCUT2D eigenvalue weighted by atomic mass is 10.1. The standard InChI is InChI=1S/C16H24F2N4O2/c1-16(2,3)22-14(23)10-21-15(19-4)20-7-8-24-13-6-5-11(17)9-12(13)18/h5-6,9H,7-8,10H2,1-4H3,(H,22,23)(H2,19,20,21). The minimum Gasteiger partial charge on any atom is -0.489 e. The van der Waals surface area contributed by atoms with Crippen LogP contribution in [0.1, 0.15) is 20.8 Å². The molecule has 134 valence electrons. The summed E-state index contributed by atoms with van der Waals surface area (Å²) in [4.78, 5) is 15.7. The zero-order chi connectivity index (χ0) is 18.2. The third-order valence-corrected chi connectivity index (χ3v) is 2.70. The molecular formula is C16H24F2N4O2. The minimum absolute atomic E-state index is 0.0225. The van der Waals surface area contributed by atoms with Crippen molar-refractivity contribution in [3.63, 3.8) is 0 Å². The molecule has 0 aliphatic rings. The fourth-order valence-electron chi connectivity index (χ4n) is 1.77. The summed E-state index contributed by atoms with van der Waals surface area (Å²) in [5, 5.41) is 8.60. The van der Waals surface area contributed by atoms with Crippen molar-refractivity contribution < 1.29 is 18.3 Å². The van der Waals surface area contributed by atoms with E-state index in [0.29, 0.717) is 12.5 Å². The van der Waals surface area contributed by atoms with Crippen molar-refractivity contribution in [1.29, 1.82) is 0 Å². The van der Waals surface area contributed by atoms with Crippen LogP contribution >= 0.6 is 0 Å². The van der Waals surface area contributed by atoms with E-state index in [1.165, 1.54) is 6.07 Å². The van der Waals surface area contributed by atoms with Gasteiger partial charge in [0.2, 0.25) is 5.91 Å². The Morgan fingerprint density at radius 2 is 1.96 bits per heavy atom. The van der Waals surface area contributed by atoms with Crippen LogP contribution in [-0.2, 0) is 4.79 Å². The van der Waals surface area contributed by atoms with E-state index in [1.807, 2.05) is 20.8 Å². The number of amides is 1. The second kappa shape index (κ2) is 9.05. The molecule has 0 saturated heterocycles. The molecule has 1 aromatic carbocycles. The van der Waals surface area contributed by atoms with Crippen LogP contribution in [0.3, 0.4) is 0 Å². The van der Waals surface area contributed by atoms with Gasteiger partial charge in [-0.1, -0.05) is 0 Å². The van der Waals surface area contributed by atoms with Crippen LogP contribution in [0.2, 0.25) is 0 Å². The van der Waals surface area contributed by atoms with Crippen molar-refractivity contribution in [3.05, 3.63) is 29.8 Å². The van der Waals surface area contributed by atoms with Gasteiger partial charge in [-0.05, 0) is 32.9 Å². The van der Waals surface area contributed by atoms with Crippen LogP contribution in [0, 0.1) is 11.6 Å². The first-order chi connectivity index (χ1) is 11.2. The molecule has 0 saturated carbocycles. The average Bonchev–Trinajstić information content (AvgIpc) is 2.46. The normalized spacial score (nSPS) is 11.8. The van der Waals surface area contributed by atoms with Crippen molar-refractivity contribution in [2.45, 2.75) is 26.3 Å². The first-order valence-electron chi connectivity index (χ1n) is 7.54. The summed E-state index contributed by atoms with van der Waals surface area (Å²) < 4.78 is 31.4. The summed E-state index contributed by atoms with van der Waals surface area (Å²) in [7, 11) is 1.57. The van der Waals surface area contributed by atoms with Gasteiger partial charge in [0.1, 0.15) is 12.4 Å². The molecule has 1 aromatic rings. The quantitative estimate of drug-likeness (QED) is 0.415. The summed E-state index contributed by atoms with van der Waals surface area (Å²) in [6, 6.07) is 3.12. The number of halogens is 2. The molecule has 0 unspecified atom stereocenters. The summed E-state index contributed by atoms with van der Waals surface area (Å²) in [6.45, 7) is 6.23. The van der Waals surface area contributed by atoms with Crippen LogP contribution in [0.25, 0.3) is 0 Å². The second-order valence-electron chi connectivity index (χ2n) is 6.07. The number of hydrogen-bond acceptors (Lipinski definition) is 3. The third-order valence-electron chi connectivity index (χ3n) is 2.70. The van der Waals surface area contributed by atoms with Gasteiger partial charge >= 0.3 is 0 Å². The Morgan fingerprint density at radius 3 is 2.54 bits per heavy atom. The predicted octanol–water partition coefficient (Wildman–Crippen LogP) is 1.42. The van der Waals surface area contributed by atoms with Gasteiger partial charge in [-0.15, -0.1) is 0 Å². The molecule has 0 radical (unpaired) electrons. The molecule has 0 atom stereocenters. The van der Waals surface area contributed by atoms with Crippen LogP contribution in [0.15, 0.2) is 23.2 Å². The number of nitrogens with zero attached hydrogens (tertiary/aromatic N) is 1. The molecular weight excluding hydrogens is 318 g/mol. The molecule has 0 aliphatic carbocycles. The lowest BCUT2D eigenvalue weighted by Gasteiger charge is -2.21. The van der Waals surface area contributed by atoms with Crippen LogP contribution in [0.5, 0.6) is 5.75 Å². The van der Waals surface area contributed by atoms with Crippen molar-refractivity contribution in [1.82, 2.24) is 16.0 Å².